The van der Waals surface area contributed by atoms with Crippen molar-refractivity contribution in [2.75, 3.05) is 20.1 Å². The summed E-state index contributed by atoms with van der Waals surface area (Å²) in [6.45, 7) is 1.34. The van der Waals surface area contributed by atoms with E-state index in [1.54, 1.807) is 0 Å². The van der Waals surface area contributed by atoms with Crippen LogP contribution in [0.1, 0.15) is 12.8 Å². The molecule has 1 N–H and O–H groups in total. The van der Waals surface area contributed by atoms with Crippen molar-refractivity contribution in [3.05, 3.63) is 28.5 Å². The van der Waals surface area contributed by atoms with Gasteiger partial charge in [0, 0.05) is 12.6 Å². The summed E-state index contributed by atoms with van der Waals surface area (Å²) in [5.41, 5.74) is 0. The lowest BCUT2D eigenvalue weighted by atomic mass is 10.2. The van der Waals surface area contributed by atoms with E-state index >= 15 is 0 Å². The van der Waals surface area contributed by atoms with E-state index in [0.717, 1.165) is 25.5 Å². The van der Waals surface area contributed by atoms with Crippen LogP contribution in [-0.4, -0.2) is 39.5 Å². The number of nitrogens with zero attached hydrogens (tertiary/aromatic N) is 1. The summed E-state index contributed by atoms with van der Waals surface area (Å²) in [5.74, 6) is -0.583. The van der Waals surface area contributed by atoms with E-state index in [2.05, 4.69) is 25.6 Å². The fraction of sp³-hybridized carbons (Fsp3) is 0.500. The van der Waals surface area contributed by atoms with Gasteiger partial charge in [0.05, 0.1) is 9.37 Å². The summed E-state index contributed by atoms with van der Waals surface area (Å²) in [6.07, 6.45) is 2.06. The van der Waals surface area contributed by atoms with Gasteiger partial charge in [0.2, 0.25) is 10.0 Å². The van der Waals surface area contributed by atoms with Crippen molar-refractivity contribution >= 4 is 26.0 Å². The van der Waals surface area contributed by atoms with Gasteiger partial charge in [0.15, 0.2) is 0 Å². The Morgan fingerprint density at radius 2 is 2.26 bits per heavy atom. The SMILES string of the molecule is CN1CCCC1CNS(=O)(=O)c1ccc(Br)c(F)c1. The molecule has 0 amide bonds. The molecule has 1 aliphatic heterocycles. The van der Waals surface area contributed by atoms with Crippen LogP contribution in [0.3, 0.4) is 0 Å². The summed E-state index contributed by atoms with van der Waals surface area (Å²) >= 11 is 3.00. The number of hydrogen-bond donors (Lipinski definition) is 1. The van der Waals surface area contributed by atoms with Crippen LogP contribution in [0.5, 0.6) is 0 Å². The lowest BCUT2D eigenvalue weighted by molar-refractivity contribution is 0.311. The molecule has 2 rings (SSSR count). The average Bonchev–Trinajstić information content (AvgIpc) is 2.76. The highest BCUT2D eigenvalue weighted by atomic mass is 79.9. The normalized spacial score (nSPS) is 20.9. The molecule has 1 aliphatic rings. The monoisotopic (exact) mass is 350 g/mol. The molecule has 1 fully saturated rings. The van der Waals surface area contributed by atoms with Crippen molar-refractivity contribution in [2.24, 2.45) is 0 Å². The van der Waals surface area contributed by atoms with Crippen molar-refractivity contribution in [2.45, 2.75) is 23.8 Å². The average molecular weight is 351 g/mol. The number of likely N-dealkylation sites (N-methyl/N-ethyl adjacent to an activating group) is 1. The zero-order valence-corrected chi connectivity index (χ0v) is 13.0. The second-order valence-electron chi connectivity index (χ2n) is 4.70. The predicted molar refractivity (Wildman–Crippen MR) is 74.9 cm³/mol. The number of benzene rings is 1. The van der Waals surface area contributed by atoms with Crippen LogP contribution in [0, 0.1) is 5.82 Å². The molecule has 1 atom stereocenters. The summed E-state index contributed by atoms with van der Waals surface area (Å²) in [6, 6.07) is 4.01. The van der Waals surface area contributed by atoms with Gasteiger partial charge in [-0.2, -0.15) is 0 Å². The zero-order valence-electron chi connectivity index (χ0n) is 10.6. The topological polar surface area (TPSA) is 49.4 Å². The van der Waals surface area contributed by atoms with Gasteiger partial charge in [0.25, 0.3) is 0 Å². The molecule has 1 heterocycles. The Balaban J connectivity index is 2.07. The van der Waals surface area contributed by atoms with Gasteiger partial charge < -0.3 is 4.90 Å². The minimum absolute atomic E-state index is 0.0474. The highest BCUT2D eigenvalue weighted by molar-refractivity contribution is 9.10. The first-order chi connectivity index (χ1) is 8.90. The van der Waals surface area contributed by atoms with Gasteiger partial charge >= 0.3 is 0 Å². The predicted octanol–water partition coefficient (Wildman–Crippen LogP) is 1.96. The van der Waals surface area contributed by atoms with E-state index in [9.17, 15) is 12.8 Å². The molecular formula is C12H16BrFN2O2S. The van der Waals surface area contributed by atoms with E-state index < -0.39 is 15.8 Å². The fourth-order valence-electron chi connectivity index (χ4n) is 2.17. The van der Waals surface area contributed by atoms with E-state index in [1.165, 1.54) is 12.1 Å². The molecule has 0 bridgehead atoms. The van der Waals surface area contributed by atoms with Crippen LogP contribution in [-0.2, 0) is 10.0 Å². The highest BCUT2D eigenvalue weighted by Crippen LogP contribution is 2.20. The molecule has 0 spiro atoms. The Bertz CT molecular complexity index is 565. The summed E-state index contributed by atoms with van der Waals surface area (Å²) in [4.78, 5) is 2.08. The molecule has 0 aliphatic carbocycles. The Labute approximate surface area is 121 Å². The number of hydrogen-bond acceptors (Lipinski definition) is 3. The molecule has 106 valence electrons. The second kappa shape index (κ2) is 5.87. The molecule has 1 unspecified atom stereocenters. The molecule has 4 nitrogen and oxygen atoms in total. The number of rotatable bonds is 4. The van der Waals surface area contributed by atoms with E-state index in [-0.39, 0.29) is 15.4 Å². The van der Waals surface area contributed by atoms with E-state index in [4.69, 9.17) is 0 Å². The molecule has 1 aromatic carbocycles. The van der Waals surface area contributed by atoms with Crippen molar-refractivity contribution < 1.29 is 12.8 Å². The van der Waals surface area contributed by atoms with Gasteiger partial charge in [-0.15, -0.1) is 0 Å². The lowest BCUT2D eigenvalue weighted by Crippen LogP contribution is -2.38. The minimum Gasteiger partial charge on any atom is -0.302 e. The fourth-order valence-corrected chi connectivity index (χ4v) is 3.50. The van der Waals surface area contributed by atoms with Crippen molar-refractivity contribution in [1.82, 2.24) is 9.62 Å². The maximum atomic E-state index is 13.4. The molecule has 0 aromatic heterocycles. The van der Waals surface area contributed by atoms with Crippen LogP contribution in [0.25, 0.3) is 0 Å². The minimum atomic E-state index is -3.65. The maximum absolute atomic E-state index is 13.4. The number of halogens is 2. The number of nitrogens with one attached hydrogen (secondary N) is 1. The first-order valence-electron chi connectivity index (χ1n) is 6.05. The maximum Gasteiger partial charge on any atom is 0.240 e. The van der Waals surface area contributed by atoms with Crippen LogP contribution in [0.15, 0.2) is 27.6 Å². The van der Waals surface area contributed by atoms with Crippen LogP contribution < -0.4 is 4.72 Å². The van der Waals surface area contributed by atoms with E-state index in [0.29, 0.717) is 6.54 Å². The Morgan fingerprint density at radius 3 is 2.84 bits per heavy atom. The van der Waals surface area contributed by atoms with Gasteiger partial charge in [-0.05, 0) is 60.6 Å². The summed E-state index contributed by atoms with van der Waals surface area (Å²) < 4.78 is 40.3. The Kier molecular flexibility index (Phi) is 4.60. The van der Waals surface area contributed by atoms with Crippen LogP contribution >= 0.6 is 15.9 Å². The standard InChI is InChI=1S/C12H16BrFN2O2S/c1-16-6-2-3-9(16)8-15-19(17,18)10-4-5-11(13)12(14)7-10/h4-5,7,9,15H,2-3,6,8H2,1H3. The number of likely N-dealkylation sites (tertiary alicyclic amines) is 1. The molecule has 0 saturated carbocycles. The van der Waals surface area contributed by atoms with Gasteiger partial charge in [-0.3, -0.25) is 0 Å². The Morgan fingerprint density at radius 1 is 1.53 bits per heavy atom. The molecule has 1 saturated heterocycles. The molecule has 0 radical (unpaired) electrons. The largest absolute Gasteiger partial charge is 0.302 e. The second-order valence-corrected chi connectivity index (χ2v) is 7.33. The third-order valence-corrected chi connectivity index (χ3v) is 5.45. The van der Waals surface area contributed by atoms with Crippen LogP contribution in [0.2, 0.25) is 0 Å². The molecular weight excluding hydrogens is 335 g/mol. The number of sulfonamides is 1. The van der Waals surface area contributed by atoms with Crippen molar-refractivity contribution in [3.63, 3.8) is 0 Å². The van der Waals surface area contributed by atoms with Crippen LogP contribution in [0.4, 0.5) is 4.39 Å². The first-order valence-corrected chi connectivity index (χ1v) is 8.33. The third-order valence-electron chi connectivity index (χ3n) is 3.38. The third kappa shape index (κ3) is 3.53. The summed E-state index contributed by atoms with van der Waals surface area (Å²) in [5, 5.41) is 0. The Hall–Kier alpha value is -0.500. The first kappa shape index (κ1) is 14.9. The summed E-state index contributed by atoms with van der Waals surface area (Å²) in [7, 11) is -1.67. The zero-order chi connectivity index (χ0) is 14.0. The lowest BCUT2D eigenvalue weighted by Gasteiger charge is -2.19. The van der Waals surface area contributed by atoms with Crippen molar-refractivity contribution in [1.29, 1.82) is 0 Å². The molecule has 1 aromatic rings. The van der Waals surface area contributed by atoms with Gasteiger partial charge in [-0.1, -0.05) is 0 Å². The molecule has 19 heavy (non-hydrogen) atoms. The van der Waals surface area contributed by atoms with E-state index in [1.807, 2.05) is 7.05 Å². The quantitative estimate of drug-likeness (QED) is 0.902. The smallest absolute Gasteiger partial charge is 0.240 e. The van der Waals surface area contributed by atoms with Gasteiger partial charge in [-0.25, -0.2) is 17.5 Å². The van der Waals surface area contributed by atoms with Gasteiger partial charge in [0.1, 0.15) is 5.82 Å². The highest BCUT2D eigenvalue weighted by Gasteiger charge is 2.23. The van der Waals surface area contributed by atoms with Crippen molar-refractivity contribution in [3.8, 4) is 0 Å². The molecule has 7 heteroatoms.